The Morgan fingerprint density at radius 2 is 1.65 bits per heavy atom. The van der Waals surface area contributed by atoms with Gasteiger partial charge in [-0.3, -0.25) is 15.5 Å². The molecule has 2 N–H and O–H groups in total. The summed E-state index contributed by atoms with van der Waals surface area (Å²) in [6, 6.07) is 27.4. The van der Waals surface area contributed by atoms with E-state index >= 15 is 0 Å². The monoisotopic (exact) mass is 427 g/mol. The third kappa shape index (κ3) is 4.00. The predicted octanol–water partition coefficient (Wildman–Crippen LogP) is 4.49. The van der Waals surface area contributed by atoms with Crippen LogP contribution in [0.5, 0.6) is 0 Å². The lowest BCUT2D eigenvalue weighted by Gasteiger charge is -2.33. The number of aryl methyl sites for hydroxylation is 1. The molecule has 1 aromatic heterocycles. The molecule has 154 valence electrons. The van der Waals surface area contributed by atoms with Crippen molar-refractivity contribution in [3.8, 4) is 0 Å². The van der Waals surface area contributed by atoms with E-state index in [1.807, 2.05) is 84.7 Å². The topological polar surface area (TPSA) is 73.4 Å². The SMILES string of the molecule is Cc1cc(N=C2NN(c3ccc(S(=O)c4ccccc4)cc3)Cc3ccccc32)n[nH]1. The zero-order chi connectivity index (χ0) is 21.2. The fourth-order valence-corrected chi connectivity index (χ4v) is 4.59. The summed E-state index contributed by atoms with van der Waals surface area (Å²) in [5.74, 6) is 1.37. The Hall–Kier alpha value is -3.71. The van der Waals surface area contributed by atoms with Gasteiger partial charge in [0.15, 0.2) is 11.7 Å². The van der Waals surface area contributed by atoms with Crippen LogP contribution in [0.25, 0.3) is 0 Å². The highest BCUT2D eigenvalue weighted by molar-refractivity contribution is 7.85. The third-order valence-corrected chi connectivity index (χ3v) is 6.48. The number of fused-ring (bicyclic) bond motifs is 1. The Bertz CT molecular complexity index is 1260. The fraction of sp³-hybridized carbons (Fsp3) is 0.0833. The van der Waals surface area contributed by atoms with Crippen LogP contribution < -0.4 is 10.4 Å². The standard InChI is InChI=1S/C24H21N5OS/c1-17-15-23(27-26-17)25-24-22-10-6-5-7-18(22)16-29(28-24)19-11-13-21(14-12-19)31(30)20-8-3-2-4-9-20/h2-15H,16H2,1H3,(H2,25,26,27,28). The number of H-pyrrole nitrogens is 1. The van der Waals surface area contributed by atoms with E-state index in [0.29, 0.717) is 12.4 Å². The van der Waals surface area contributed by atoms with Gasteiger partial charge in [0.1, 0.15) is 0 Å². The minimum atomic E-state index is -1.20. The molecule has 1 atom stereocenters. The zero-order valence-electron chi connectivity index (χ0n) is 16.9. The highest BCUT2D eigenvalue weighted by Crippen LogP contribution is 2.25. The van der Waals surface area contributed by atoms with E-state index in [4.69, 9.17) is 4.99 Å². The van der Waals surface area contributed by atoms with E-state index in [-0.39, 0.29) is 0 Å². The molecule has 0 radical (unpaired) electrons. The lowest BCUT2D eigenvalue weighted by molar-refractivity contribution is 0.683. The summed E-state index contributed by atoms with van der Waals surface area (Å²) in [4.78, 5) is 6.28. The maximum absolute atomic E-state index is 12.8. The molecule has 5 rings (SSSR count). The van der Waals surface area contributed by atoms with Crippen LogP contribution in [0.4, 0.5) is 11.5 Å². The van der Waals surface area contributed by atoms with Gasteiger partial charge in [-0.2, -0.15) is 5.10 Å². The molecule has 0 spiro atoms. The summed E-state index contributed by atoms with van der Waals surface area (Å²) in [6.45, 7) is 2.64. The second-order valence-corrected chi connectivity index (χ2v) is 8.78. The quantitative estimate of drug-likeness (QED) is 0.503. The van der Waals surface area contributed by atoms with Crippen LogP contribution in [0.15, 0.2) is 99.7 Å². The van der Waals surface area contributed by atoms with E-state index in [0.717, 1.165) is 32.6 Å². The number of hydrogen-bond donors (Lipinski definition) is 2. The number of amidine groups is 1. The van der Waals surface area contributed by atoms with Crippen molar-refractivity contribution in [2.75, 3.05) is 5.01 Å². The summed E-state index contributed by atoms with van der Waals surface area (Å²) in [5.41, 5.74) is 7.57. The van der Waals surface area contributed by atoms with Crippen molar-refractivity contribution in [1.82, 2.24) is 15.6 Å². The van der Waals surface area contributed by atoms with Crippen LogP contribution in [0.1, 0.15) is 16.8 Å². The van der Waals surface area contributed by atoms with Crippen molar-refractivity contribution in [3.05, 3.63) is 102 Å². The highest BCUT2D eigenvalue weighted by atomic mass is 32.2. The van der Waals surface area contributed by atoms with Gasteiger partial charge in [0.05, 0.1) is 23.0 Å². The summed E-state index contributed by atoms with van der Waals surface area (Å²) in [6.07, 6.45) is 0. The van der Waals surface area contributed by atoms with Gasteiger partial charge in [-0.25, -0.2) is 9.20 Å². The molecule has 0 saturated heterocycles. The molecule has 3 aromatic carbocycles. The molecule has 6 nitrogen and oxygen atoms in total. The van der Waals surface area contributed by atoms with Gasteiger partial charge >= 0.3 is 0 Å². The summed E-state index contributed by atoms with van der Waals surface area (Å²) >= 11 is 0. The van der Waals surface area contributed by atoms with Gasteiger partial charge in [0, 0.05) is 27.1 Å². The maximum Gasteiger partial charge on any atom is 0.176 e. The molecule has 0 saturated carbocycles. The minimum absolute atomic E-state index is 0.630. The van der Waals surface area contributed by atoms with Crippen LogP contribution >= 0.6 is 0 Å². The number of aliphatic imine (C=N–C) groups is 1. The van der Waals surface area contributed by atoms with Crippen molar-refractivity contribution in [2.45, 2.75) is 23.3 Å². The first-order valence-corrected chi connectivity index (χ1v) is 11.1. The molecule has 4 aromatic rings. The number of aromatic nitrogens is 2. The number of anilines is 1. The number of nitrogens with one attached hydrogen (secondary N) is 2. The second kappa shape index (κ2) is 8.20. The molecule has 0 fully saturated rings. The lowest BCUT2D eigenvalue weighted by Crippen LogP contribution is -2.46. The molecule has 1 unspecified atom stereocenters. The van der Waals surface area contributed by atoms with Gasteiger partial charge in [0.2, 0.25) is 0 Å². The van der Waals surface area contributed by atoms with E-state index in [1.165, 1.54) is 5.56 Å². The minimum Gasteiger partial charge on any atom is -0.282 e. The van der Waals surface area contributed by atoms with Gasteiger partial charge in [-0.1, -0.05) is 42.5 Å². The van der Waals surface area contributed by atoms with Crippen LogP contribution in [0.2, 0.25) is 0 Å². The Morgan fingerprint density at radius 3 is 2.39 bits per heavy atom. The molecule has 2 heterocycles. The smallest absolute Gasteiger partial charge is 0.176 e. The van der Waals surface area contributed by atoms with Gasteiger partial charge in [-0.15, -0.1) is 0 Å². The van der Waals surface area contributed by atoms with E-state index in [2.05, 4.69) is 27.8 Å². The number of hydrogen-bond acceptors (Lipinski definition) is 4. The van der Waals surface area contributed by atoms with Crippen molar-refractivity contribution in [3.63, 3.8) is 0 Å². The molecular weight excluding hydrogens is 406 g/mol. The Balaban J connectivity index is 1.44. The Morgan fingerprint density at radius 1 is 0.935 bits per heavy atom. The normalized spacial score (nSPS) is 15.4. The van der Waals surface area contributed by atoms with Crippen LogP contribution in [-0.2, 0) is 17.3 Å². The highest BCUT2D eigenvalue weighted by Gasteiger charge is 2.21. The average Bonchev–Trinajstić information content (AvgIpc) is 3.23. The summed E-state index contributed by atoms with van der Waals surface area (Å²) in [7, 11) is -1.20. The van der Waals surface area contributed by atoms with Gasteiger partial charge in [0.25, 0.3) is 0 Å². The average molecular weight is 428 g/mol. The summed E-state index contributed by atoms with van der Waals surface area (Å²) in [5, 5.41) is 9.20. The fourth-order valence-electron chi connectivity index (χ4n) is 3.53. The Labute approximate surface area is 183 Å². The van der Waals surface area contributed by atoms with Crippen molar-refractivity contribution in [2.24, 2.45) is 4.99 Å². The molecule has 31 heavy (non-hydrogen) atoms. The molecule has 0 aliphatic carbocycles. The van der Waals surface area contributed by atoms with Crippen LogP contribution in [0.3, 0.4) is 0 Å². The first-order chi connectivity index (χ1) is 15.2. The van der Waals surface area contributed by atoms with Crippen molar-refractivity contribution in [1.29, 1.82) is 0 Å². The first kappa shape index (κ1) is 19.3. The van der Waals surface area contributed by atoms with E-state index in [9.17, 15) is 4.21 Å². The van der Waals surface area contributed by atoms with E-state index in [1.54, 1.807) is 0 Å². The molecule has 7 heteroatoms. The van der Waals surface area contributed by atoms with Gasteiger partial charge < -0.3 is 0 Å². The zero-order valence-corrected chi connectivity index (χ0v) is 17.8. The van der Waals surface area contributed by atoms with Crippen LogP contribution in [-0.4, -0.2) is 20.2 Å². The number of nitrogens with zero attached hydrogens (tertiary/aromatic N) is 3. The van der Waals surface area contributed by atoms with Crippen LogP contribution in [0, 0.1) is 6.92 Å². The molecular formula is C24H21N5OS. The predicted molar refractivity (Wildman–Crippen MR) is 123 cm³/mol. The first-order valence-electron chi connectivity index (χ1n) is 9.97. The van der Waals surface area contributed by atoms with E-state index < -0.39 is 10.8 Å². The molecule has 0 amide bonds. The van der Waals surface area contributed by atoms with Crippen molar-refractivity contribution >= 4 is 28.1 Å². The summed E-state index contributed by atoms with van der Waals surface area (Å²) < 4.78 is 12.8. The Kier molecular flexibility index (Phi) is 5.09. The number of benzene rings is 3. The third-order valence-electron chi connectivity index (χ3n) is 5.08. The molecule has 1 aliphatic heterocycles. The second-order valence-electron chi connectivity index (χ2n) is 7.30. The molecule has 1 aliphatic rings. The van der Waals surface area contributed by atoms with Gasteiger partial charge in [-0.05, 0) is 48.9 Å². The molecule has 0 bridgehead atoms. The number of rotatable bonds is 4. The number of hydrazine groups is 1. The maximum atomic E-state index is 12.8. The lowest BCUT2D eigenvalue weighted by atomic mass is 10.0. The number of aromatic amines is 1. The van der Waals surface area contributed by atoms with Crippen molar-refractivity contribution < 1.29 is 4.21 Å². The largest absolute Gasteiger partial charge is 0.282 e.